The third-order valence-corrected chi connectivity index (χ3v) is 3.85. The molecule has 1 aliphatic heterocycles. The number of ketones is 1. The summed E-state index contributed by atoms with van der Waals surface area (Å²) in [4.78, 5) is 35.8. The van der Waals surface area contributed by atoms with Crippen molar-refractivity contribution in [1.82, 2.24) is 4.90 Å². The molecule has 2 atom stereocenters. The van der Waals surface area contributed by atoms with E-state index in [4.69, 9.17) is 0 Å². The number of carbonyl (C=O) groups is 3. The molecule has 1 amide bonds. The van der Waals surface area contributed by atoms with Crippen LogP contribution in [0, 0.1) is 11.8 Å². The molecule has 8 heteroatoms. The van der Waals surface area contributed by atoms with Gasteiger partial charge >= 0.3 is 12.1 Å². The Hall–Kier alpha value is -2.12. The molecule has 1 heterocycles. The van der Waals surface area contributed by atoms with Crippen LogP contribution in [0.3, 0.4) is 0 Å². The number of alkyl halides is 3. The third kappa shape index (κ3) is 4.43. The van der Waals surface area contributed by atoms with E-state index in [1.54, 1.807) is 6.08 Å². The molecule has 23 heavy (non-hydrogen) atoms. The predicted molar refractivity (Wildman–Crippen MR) is 72.8 cm³/mol. The van der Waals surface area contributed by atoms with Crippen molar-refractivity contribution in [3.63, 3.8) is 0 Å². The Balaban J connectivity index is 2.32. The molecule has 0 aromatic rings. The number of hydrogen-bond acceptors (Lipinski definition) is 4. The van der Waals surface area contributed by atoms with E-state index in [1.165, 1.54) is 6.08 Å². The SMILES string of the molecule is COC(=O)C[C@H]1CC2C=CC(=O)CC2=CN(CC(F)(F)F)C1=O. The first kappa shape index (κ1) is 17.2. The van der Waals surface area contributed by atoms with Crippen LogP contribution in [0.25, 0.3) is 0 Å². The molecule has 1 unspecified atom stereocenters. The van der Waals surface area contributed by atoms with Crippen LogP contribution >= 0.6 is 0 Å². The zero-order valence-corrected chi connectivity index (χ0v) is 12.4. The number of esters is 1. The molecule has 1 aliphatic carbocycles. The van der Waals surface area contributed by atoms with Gasteiger partial charge in [-0.15, -0.1) is 0 Å². The molecule has 126 valence electrons. The lowest BCUT2D eigenvalue weighted by atomic mass is 9.83. The zero-order valence-electron chi connectivity index (χ0n) is 12.4. The third-order valence-electron chi connectivity index (χ3n) is 3.85. The highest BCUT2D eigenvalue weighted by Crippen LogP contribution is 2.34. The summed E-state index contributed by atoms with van der Waals surface area (Å²) in [5.41, 5.74) is 0.461. The molecule has 0 aromatic carbocycles. The molecule has 0 aromatic heterocycles. The van der Waals surface area contributed by atoms with Crippen molar-refractivity contribution in [1.29, 1.82) is 0 Å². The zero-order chi connectivity index (χ0) is 17.2. The van der Waals surface area contributed by atoms with E-state index in [0.29, 0.717) is 10.5 Å². The number of amides is 1. The maximum absolute atomic E-state index is 12.7. The molecule has 0 radical (unpaired) electrons. The smallest absolute Gasteiger partial charge is 0.406 e. The van der Waals surface area contributed by atoms with Crippen LogP contribution in [-0.2, 0) is 19.1 Å². The van der Waals surface area contributed by atoms with Gasteiger partial charge < -0.3 is 9.64 Å². The van der Waals surface area contributed by atoms with Gasteiger partial charge in [-0.2, -0.15) is 13.2 Å². The second kappa shape index (κ2) is 6.55. The van der Waals surface area contributed by atoms with Crippen molar-refractivity contribution < 1.29 is 32.3 Å². The quantitative estimate of drug-likeness (QED) is 0.742. The molecular formula is C15H16F3NO4. The summed E-state index contributed by atoms with van der Waals surface area (Å²) in [6.07, 6.45) is -0.655. The molecule has 0 spiro atoms. The monoisotopic (exact) mass is 331 g/mol. The maximum atomic E-state index is 12.7. The number of ether oxygens (including phenoxy) is 1. The molecule has 0 saturated heterocycles. The molecule has 2 rings (SSSR count). The summed E-state index contributed by atoms with van der Waals surface area (Å²) < 4.78 is 42.6. The average Bonchev–Trinajstić information content (AvgIpc) is 2.56. The Bertz CT molecular complexity index is 580. The van der Waals surface area contributed by atoms with Gasteiger partial charge in [0.25, 0.3) is 0 Å². The van der Waals surface area contributed by atoms with Crippen LogP contribution in [0.5, 0.6) is 0 Å². The fourth-order valence-electron chi connectivity index (χ4n) is 2.79. The maximum Gasteiger partial charge on any atom is 0.406 e. The lowest BCUT2D eigenvalue weighted by Gasteiger charge is -2.23. The Morgan fingerprint density at radius 1 is 1.39 bits per heavy atom. The summed E-state index contributed by atoms with van der Waals surface area (Å²) in [6, 6.07) is 0. The predicted octanol–water partition coefficient (Wildman–Crippen LogP) is 1.99. The van der Waals surface area contributed by atoms with Gasteiger partial charge in [0.05, 0.1) is 13.5 Å². The number of allylic oxidation sites excluding steroid dienone is 3. The fourth-order valence-corrected chi connectivity index (χ4v) is 2.79. The largest absolute Gasteiger partial charge is 0.469 e. The minimum Gasteiger partial charge on any atom is -0.469 e. The van der Waals surface area contributed by atoms with Gasteiger partial charge in [0, 0.05) is 24.5 Å². The average molecular weight is 331 g/mol. The van der Waals surface area contributed by atoms with E-state index in [-0.39, 0.29) is 31.0 Å². The van der Waals surface area contributed by atoms with Gasteiger partial charge in [0.2, 0.25) is 5.91 Å². The van der Waals surface area contributed by atoms with Gasteiger partial charge in [-0.05, 0) is 18.1 Å². The Kier molecular flexibility index (Phi) is 4.91. The van der Waals surface area contributed by atoms with Crippen molar-refractivity contribution in [2.75, 3.05) is 13.7 Å². The van der Waals surface area contributed by atoms with E-state index >= 15 is 0 Å². The van der Waals surface area contributed by atoms with Crippen molar-refractivity contribution in [3.8, 4) is 0 Å². The molecule has 5 nitrogen and oxygen atoms in total. The highest BCUT2D eigenvalue weighted by atomic mass is 19.4. The van der Waals surface area contributed by atoms with Gasteiger partial charge in [-0.3, -0.25) is 14.4 Å². The summed E-state index contributed by atoms with van der Waals surface area (Å²) in [7, 11) is 1.15. The molecule has 0 N–H and O–H groups in total. The van der Waals surface area contributed by atoms with Gasteiger partial charge in [-0.25, -0.2) is 0 Å². The Morgan fingerprint density at radius 3 is 2.70 bits per heavy atom. The van der Waals surface area contributed by atoms with E-state index in [2.05, 4.69) is 4.74 Å². The standard InChI is InChI=1S/C15H16F3NO4/c1-23-13(21)6-10-4-9-2-3-12(20)5-11(9)7-19(14(10)22)8-15(16,17)18/h2-3,7,9-10H,4-6,8H2,1H3/t9?,10-/m1/s1. The van der Waals surface area contributed by atoms with E-state index in [0.717, 1.165) is 13.3 Å². The molecule has 0 bridgehead atoms. The van der Waals surface area contributed by atoms with Gasteiger partial charge in [0.15, 0.2) is 5.78 Å². The number of rotatable bonds is 3. The number of nitrogens with zero attached hydrogens (tertiary/aromatic N) is 1. The summed E-state index contributed by atoms with van der Waals surface area (Å²) >= 11 is 0. The van der Waals surface area contributed by atoms with Crippen LogP contribution in [0.2, 0.25) is 0 Å². The molecule has 0 fully saturated rings. The number of methoxy groups -OCH3 is 1. The van der Waals surface area contributed by atoms with Crippen LogP contribution in [0.1, 0.15) is 19.3 Å². The minimum absolute atomic E-state index is 0.0201. The number of carbonyl (C=O) groups excluding carboxylic acids is 3. The fraction of sp³-hybridized carbons (Fsp3) is 0.533. The first-order valence-corrected chi connectivity index (χ1v) is 7.05. The Morgan fingerprint density at radius 2 is 2.09 bits per heavy atom. The van der Waals surface area contributed by atoms with E-state index in [1.807, 2.05) is 0 Å². The second-order valence-electron chi connectivity index (χ2n) is 5.61. The highest BCUT2D eigenvalue weighted by molar-refractivity contribution is 5.93. The van der Waals surface area contributed by atoms with Crippen molar-refractivity contribution in [3.05, 3.63) is 23.9 Å². The minimum atomic E-state index is -4.57. The number of halogens is 3. The Labute approximate surface area is 130 Å². The highest BCUT2D eigenvalue weighted by Gasteiger charge is 2.39. The van der Waals surface area contributed by atoms with E-state index < -0.39 is 30.5 Å². The van der Waals surface area contributed by atoms with Crippen molar-refractivity contribution >= 4 is 17.7 Å². The number of hydrogen-bond donors (Lipinski definition) is 0. The van der Waals surface area contributed by atoms with Crippen molar-refractivity contribution in [2.24, 2.45) is 11.8 Å². The summed E-state index contributed by atoms with van der Waals surface area (Å²) in [6.45, 7) is -1.45. The topological polar surface area (TPSA) is 63.7 Å². The van der Waals surface area contributed by atoms with Crippen LogP contribution in [0.15, 0.2) is 23.9 Å². The first-order chi connectivity index (χ1) is 10.7. The van der Waals surface area contributed by atoms with E-state index in [9.17, 15) is 27.6 Å². The van der Waals surface area contributed by atoms with Gasteiger partial charge in [-0.1, -0.05) is 6.08 Å². The second-order valence-corrected chi connectivity index (χ2v) is 5.61. The first-order valence-electron chi connectivity index (χ1n) is 7.05. The normalized spacial score (nSPS) is 24.9. The molecule has 0 saturated carbocycles. The summed E-state index contributed by atoms with van der Waals surface area (Å²) in [5, 5.41) is 0. The van der Waals surface area contributed by atoms with Crippen molar-refractivity contribution in [2.45, 2.75) is 25.4 Å². The van der Waals surface area contributed by atoms with Gasteiger partial charge in [0.1, 0.15) is 6.54 Å². The lowest BCUT2D eigenvalue weighted by molar-refractivity contribution is -0.159. The van der Waals surface area contributed by atoms with Crippen LogP contribution in [0.4, 0.5) is 13.2 Å². The van der Waals surface area contributed by atoms with Crippen LogP contribution < -0.4 is 0 Å². The number of fused-ring (bicyclic) bond motifs is 1. The van der Waals surface area contributed by atoms with Crippen LogP contribution in [-0.4, -0.2) is 42.4 Å². The molecular weight excluding hydrogens is 315 g/mol. The lowest BCUT2D eigenvalue weighted by Crippen LogP contribution is -2.38. The molecule has 2 aliphatic rings. The summed E-state index contributed by atoms with van der Waals surface area (Å²) in [5.74, 6) is -2.91.